The van der Waals surface area contributed by atoms with Gasteiger partial charge in [-0.1, -0.05) is 35.6 Å². The second-order valence-corrected chi connectivity index (χ2v) is 6.42. The molecule has 0 spiro atoms. The Labute approximate surface area is 144 Å². The molecule has 0 aliphatic rings. The van der Waals surface area contributed by atoms with E-state index in [2.05, 4.69) is 25.4 Å². The Bertz CT molecular complexity index is 791. The number of para-hydroxylation sites is 1. The van der Waals surface area contributed by atoms with Crippen LogP contribution >= 0.6 is 11.3 Å². The summed E-state index contributed by atoms with van der Waals surface area (Å²) in [6, 6.07) is 13.3. The largest absolute Gasteiger partial charge is 0.320 e. The number of rotatable bonds is 6. The first-order chi connectivity index (χ1) is 11.7. The zero-order valence-electron chi connectivity index (χ0n) is 13.2. The summed E-state index contributed by atoms with van der Waals surface area (Å²) >= 11 is 1.31. The molecular formula is C17H17N5OS. The molecule has 3 rings (SSSR count). The van der Waals surface area contributed by atoms with Gasteiger partial charge < -0.3 is 5.32 Å². The van der Waals surface area contributed by atoms with Gasteiger partial charge in [0, 0.05) is 24.6 Å². The second-order valence-electron chi connectivity index (χ2n) is 5.35. The molecule has 2 heterocycles. The van der Waals surface area contributed by atoms with Crippen molar-refractivity contribution >= 4 is 22.9 Å². The zero-order valence-corrected chi connectivity index (χ0v) is 14.0. The SMILES string of the molecule is CN(Cc1cccnc1)Cc1nnc(C(=O)Nc2ccccc2)s1. The minimum absolute atomic E-state index is 0.236. The quantitative estimate of drug-likeness (QED) is 0.748. The number of nitrogens with zero attached hydrogens (tertiary/aromatic N) is 4. The molecule has 0 bridgehead atoms. The van der Waals surface area contributed by atoms with Gasteiger partial charge in [-0.3, -0.25) is 14.7 Å². The lowest BCUT2D eigenvalue weighted by atomic mass is 10.3. The predicted octanol–water partition coefficient (Wildman–Crippen LogP) is 2.82. The van der Waals surface area contributed by atoms with Crippen LogP contribution in [0.5, 0.6) is 0 Å². The number of hydrogen-bond acceptors (Lipinski definition) is 6. The van der Waals surface area contributed by atoms with Crippen LogP contribution in [0.25, 0.3) is 0 Å². The third-order valence-corrected chi connectivity index (χ3v) is 4.18. The summed E-state index contributed by atoms with van der Waals surface area (Å²) in [4.78, 5) is 18.4. The van der Waals surface area contributed by atoms with Crippen LogP contribution in [0, 0.1) is 0 Å². The highest BCUT2D eigenvalue weighted by Crippen LogP contribution is 2.15. The predicted molar refractivity (Wildman–Crippen MR) is 93.7 cm³/mol. The number of anilines is 1. The van der Waals surface area contributed by atoms with Gasteiger partial charge in [-0.2, -0.15) is 0 Å². The fourth-order valence-electron chi connectivity index (χ4n) is 2.21. The molecular weight excluding hydrogens is 322 g/mol. The molecule has 0 radical (unpaired) electrons. The molecule has 0 fully saturated rings. The van der Waals surface area contributed by atoms with Crippen molar-refractivity contribution in [1.29, 1.82) is 0 Å². The minimum Gasteiger partial charge on any atom is -0.320 e. The van der Waals surface area contributed by atoms with Crippen molar-refractivity contribution in [3.63, 3.8) is 0 Å². The topological polar surface area (TPSA) is 71.0 Å². The first kappa shape index (κ1) is 16.2. The number of pyridine rings is 1. The second kappa shape index (κ2) is 7.76. The van der Waals surface area contributed by atoms with E-state index in [9.17, 15) is 4.79 Å². The molecule has 0 saturated carbocycles. The summed E-state index contributed by atoms with van der Waals surface area (Å²) in [6.07, 6.45) is 3.60. The molecule has 3 aromatic rings. The van der Waals surface area contributed by atoms with E-state index in [-0.39, 0.29) is 5.91 Å². The van der Waals surface area contributed by atoms with Gasteiger partial charge >= 0.3 is 0 Å². The van der Waals surface area contributed by atoms with Crippen LogP contribution in [0.15, 0.2) is 54.9 Å². The summed E-state index contributed by atoms with van der Waals surface area (Å²) < 4.78 is 0. The zero-order chi connectivity index (χ0) is 16.8. The van der Waals surface area contributed by atoms with Crippen LogP contribution in [0.4, 0.5) is 5.69 Å². The highest BCUT2D eigenvalue weighted by Gasteiger charge is 2.14. The summed E-state index contributed by atoms with van der Waals surface area (Å²) in [5.41, 5.74) is 1.87. The third-order valence-electron chi connectivity index (χ3n) is 3.27. The molecule has 1 N–H and O–H groups in total. The first-order valence-electron chi connectivity index (χ1n) is 7.47. The summed E-state index contributed by atoms with van der Waals surface area (Å²) in [5.74, 6) is -0.236. The van der Waals surface area contributed by atoms with Crippen molar-refractivity contribution in [3.8, 4) is 0 Å². The molecule has 6 nitrogen and oxygen atoms in total. The molecule has 0 aliphatic heterocycles. The van der Waals surface area contributed by atoms with Gasteiger partial charge in [0.05, 0.1) is 6.54 Å². The van der Waals surface area contributed by atoms with E-state index in [0.29, 0.717) is 11.6 Å². The number of carbonyl (C=O) groups excluding carboxylic acids is 1. The Balaban J connectivity index is 1.58. The van der Waals surface area contributed by atoms with Crippen molar-refractivity contribution in [3.05, 3.63) is 70.4 Å². The molecule has 7 heteroatoms. The van der Waals surface area contributed by atoms with E-state index >= 15 is 0 Å². The number of amides is 1. The molecule has 0 unspecified atom stereocenters. The van der Waals surface area contributed by atoms with Crippen LogP contribution in [-0.2, 0) is 13.1 Å². The van der Waals surface area contributed by atoms with Gasteiger partial charge in [0.15, 0.2) is 0 Å². The van der Waals surface area contributed by atoms with Crippen LogP contribution in [0.1, 0.15) is 20.4 Å². The molecule has 2 aromatic heterocycles. The summed E-state index contributed by atoms with van der Waals surface area (Å²) in [5, 5.41) is 12.1. The fourth-order valence-corrected chi connectivity index (χ4v) is 3.02. The highest BCUT2D eigenvalue weighted by atomic mass is 32.1. The highest BCUT2D eigenvalue weighted by molar-refractivity contribution is 7.13. The Kier molecular flexibility index (Phi) is 5.25. The van der Waals surface area contributed by atoms with E-state index in [4.69, 9.17) is 0 Å². The lowest BCUT2D eigenvalue weighted by Gasteiger charge is -2.14. The summed E-state index contributed by atoms with van der Waals surface area (Å²) in [6.45, 7) is 1.39. The van der Waals surface area contributed by atoms with Crippen molar-refractivity contribution in [2.24, 2.45) is 0 Å². The van der Waals surface area contributed by atoms with E-state index in [1.54, 1.807) is 6.20 Å². The number of carbonyl (C=O) groups is 1. The van der Waals surface area contributed by atoms with Crippen molar-refractivity contribution < 1.29 is 4.79 Å². The monoisotopic (exact) mass is 339 g/mol. The van der Waals surface area contributed by atoms with Crippen molar-refractivity contribution in [2.75, 3.05) is 12.4 Å². The molecule has 0 aliphatic carbocycles. The lowest BCUT2D eigenvalue weighted by Crippen LogP contribution is -2.17. The average molecular weight is 339 g/mol. The maximum Gasteiger partial charge on any atom is 0.286 e. The average Bonchev–Trinajstić information content (AvgIpc) is 3.05. The van der Waals surface area contributed by atoms with Crippen LogP contribution < -0.4 is 5.32 Å². The Morgan fingerprint density at radius 3 is 2.71 bits per heavy atom. The molecule has 1 aromatic carbocycles. The van der Waals surface area contributed by atoms with Crippen LogP contribution in [-0.4, -0.2) is 33.0 Å². The van der Waals surface area contributed by atoms with E-state index in [1.807, 2.05) is 55.7 Å². The van der Waals surface area contributed by atoms with Crippen LogP contribution in [0.3, 0.4) is 0 Å². The minimum atomic E-state index is -0.236. The smallest absolute Gasteiger partial charge is 0.286 e. The van der Waals surface area contributed by atoms with Gasteiger partial charge in [-0.15, -0.1) is 10.2 Å². The standard InChI is InChI=1S/C17H17N5OS/c1-22(11-13-6-5-9-18-10-13)12-15-20-21-17(24-15)16(23)19-14-7-3-2-4-8-14/h2-10H,11-12H2,1H3,(H,19,23). The van der Waals surface area contributed by atoms with Crippen LogP contribution in [0.2, 0.25) is 0 Å². The Morgan fingerprint density at radius 2 is 1.96 bits per heavy atom. The molecule has 0 atom stereocenters. The molecule has 122 valence electrons. The van der Waals surface area contributed by atoms with E-state index in [1.165, 1.54) is 11.3 Å². The molecule has 24 heavy (non-hydrogen) atoms. The third kappa shape index (κ3) is 4.43. The van der Waals surface area contributed by atoms with Crippen molar-refractivity contribution in [2.45, 2.75) is 13.1 Å². The first-order valence-corrected chi connectivity index (χ1v) is 8.28. The molecule has 0 saturated heterocycles. The number of aromatic nitrogens is 3. The Morgan fingerprint density at radius 1 is 1.12 bits per heavy atom. The van der Waals surface area contributed by atoms with Crippen molar-refractivity contribution in [1.82, 2.24) is 20.1 Å². The van der Waals surface area contributed by atoms with E-state index in [0.717, 1.165) is 22.8 Å². The fraction of sp³-hybridized carbons (Fsp3) is 0.176. The van der Waals surface area contributed by atoms with Gasteiger partial charge in [-0.05, 0) is 30.8 Å². The number of benzene rings is 1. The molecule has 1 amide bonds. The van der Waals surface area contributed by atoms with Gasteiger partial charge in [0.1, 0.15) is 5.01 Å². The number of hydrogen-bond donors (Lipinski definition) is 1. The van der Waals surface area contributed by atoms with Gasteiger partial charge in [0.2, 0.25) is 5.01 Å². The van der Waals surface area contributed by atoms with Gasteiger partial charge in [-0.25, -0.2) is 0 Å². The lowest BCUT2D eigenvalue weighted by molar-refractivity contribution is 0.102. The Hall–Kier alpha value is -2.64. The maximum atomic E-state index is 12.2. The van der Waals surface area contributed by atoms with Gasteiger partial charge in [0.25, 0.3) is 5.91 Å². The van der Waals surface area contributed by atoms with E-state index < -0.39 is 0 Å². The maximum absolute atomic E-state index is 12.2. The summed E-state index contributed by atoms with van der Waals surface area (Å²) in [7, 11) is 2.00. The normalized spacial score (nSPS) is 10.8. The number of nitrogens with one attached hydrogen (secondary N) is 1.